The van der Waals surface area contributed by atoms with E-state index in [-0.39, 0.29) is 26.2 Å². The number of amides is 1. The highest BCUT2D eigenvalue weighted by Gasteiger charge is 2.22. The highest BCUT2D eigenvalue weighted by Crippen LogP contribution is 2.26. The Labute approximate surface area is 129 Å². The minimum absolute atomic E-state index is 0.0239. The number of sulfonamides is 1. The van der Waals surface area contributed by atoms with Crippen LogP contribution in [0.1, 0.15) is 12.5 Å². The standard InChI is InChI=1S/C10H10ClN5O3S2/c1-5-3-7(8(11)12-4-5)16-21(18,19)10-15-14-9(20-10)13-6(2)17/h3-4,16H,1-2H3,(H,13,14,17). The van der Waals surface area contributed by atoms with Gasteiger partial charge in [-0.2, -0.15) is 8.42 Å². The highest BCUT2D eigenvalue weighted by molar-refractivity contribution is 7.94. The van der Waals surface area contributed by atoms with Gasteiger partial charge in [-0.25, -0.2) is 4.98 Å². The van der Waals surface area contributed by atoms with Crippen LogP contribution in [0, 0.1) is 6.92 Å². The Balaban J connectivity index is 2.28. The molecule has 0 fully saturated rings. The van der Waals surface area contributed by atoms with E-state index in [1.807, 2.05) is 0 Å². The van der Waals surface area contributed by atoms with Gasteiger partial charge in [-0.05, 0) is 18.6 Å². The third-order valence-electron chi connectivity index (χ3n) is 2.14. The number of rotatable bonds is 4. The fourth-order valence-electron chi connectivity index (χ4n) is 1.33. The first kappa shape index (κ1) is 15.6. The topological polar surface area (TPSA) is 114 Å². The van der Waals surface area contributed by atoms with Gasteiger partial charge in [0.25, 0.3) is 14.4 Å². The van der Waals surface area contributed by atoms with Crippen LogP contribution >= 0.6 is 22.9 Å². The van der Waals surface area contributed by atoms with Gasteiger partial charge in [0.2, 0.25) is 11.0 Å². The lowest BCUT2D eigenvalue weighted by molar-refractivity contribution is -0.114. The maximum Gasteiger partial charge on any atom is 0.291 e. The van der Waals surface area contributed by atoms with Crippen molar-refractivity contribution in [2.45, 2.75) is 18.2 Å². The van der Waals surface area contributed by atoms with Gasteiger partial charge < -0.3 is 5.32 Å². The van der Waals surface area contributed by atoms with Gasteiger partial charge in [-0.1, -0.05) is 22.9 Å². The monoisotopic (exact) mass is 347 g/mol. The molecule has 8 nitrogen and oxygen atoms in total. The number of carbonyl (C=O) groups excluding carboxylic acids is 1. The quantitative estimate of drug-likeness (QED) is 0.642. The molecule has 0 saturated heterocycles. The van der Waals surface area contributed by atoms with Crippen molar-refractivity contribution in [3.8, 4) is 0 Å². The molecule has 11 heteroatoms. The zero-order valence-electron chi connectivity index (χ0n) is 10.9. The zero-order chi connectivity index (χ0) is 15.6. The lowest BCUT2D eigenvalue weighted by atomic mass is 10.3. The number of hydrogen-bond acceptors (Lipinski definition) is 7. The maximum atomic E-state index is 12.2. The summed E-state index contributed by atoms with van der Waals surface area (Å²) in [5.41, 5.74) is 0.890. The summed E-state index contributed by atoms with van der Waals surface area (Å²) in [6.45, 7) is 3.03. The second kappa shape index (κ2) is 5.92. The third-order valence-corrected chi connectivity index (χ3v) is 5.01. The van der Waals surface area contributed by atoms with Crippen molar-refractivity contribution >= 4 is 49.7 Å². The summed E-state index contributed by atoms with van der Waals surface area (Å²) in [6.07, 6.45) is 1.51. The van der Waals surface area contributed by atoms with Gasteiger partial charge in [0.15, 0.2) is 5.15 Å². The van der Waals surface area contributed by atoms with E-state index in [0.29, 0.717) is 0 Å². The van der Waals surface area contributed by atoms with E-state index in [2.05, 4.69) is 25.2 Å². The van der Waals surface area contributed by atoms with Gasteiger partial charge in [0, 0.05) is 13.1 Å². The fraction of sp³-hybridized carbons (Fsp3) is 0.200. The molecule has 0 radical (unpaired) electrons. The first-order chi connectivity index (χ1) is 9.78. The van der Waals surface area contributed by atoms with E-state index in [0.717, 1.165) is 16.9 Å². The number of anilines is 2. The second-order valence-electron chi connectivity index (χ2n) is 4.01. The van der Waals surface area contributed by atoms with Gasteiger partial charge in [-0.15, -0.1) is 10.2 Å². The van der Waals surface area contributed by atoms with Crippen molar-refractivity contribution in [1.29, 1.82) is 0 Å². The van der Waals surface area contributed by atoms with E-state index in [1.54, 1.807) is 13.0 Å². The summed E-state index contributed by atoms with van der Waals surface area (Å²) >= 11 is 6.57. The molecular weight excluding hydrogens is 338 g/mol. The number of carbonyl (C=O) groups is 1. The molecule has 21 heavy (non-hydrogen) atoms. The number of aryl methyl sites for hydroxylation is 1. The molecule has 0 bridgehead atoms. The lowest BCUT2D eigenvalue weighted by Gasteiger charge is -2.07. The number of halogens is 1. The molecule has 2 N–H and O–H groups in total. The minimum atomic E-state index is -3.95. The molecule has 0 saturated carbocycles. The largest absolute Gasteiger partial charge is 0.301 e. The molecule has 0 spiro atoms. The Morgan fingerprint density at radius 1 is 1.38 bits per heavy atom. The second-order valence-corrected chi connectivity index (χ2v) is 7.20. The third kappa shape index (κ3) is 3.86. The smallest absolute Gasteiger partial charge is 0.291 e. The maximum absolute atomic E-state index is 12.2. The SMILES string of the molecule is CC(=O)Nc1nnc(S(=O)(=O)Nc2cc(C)cnc2Cl)s1. The molecule has 0 aromatic carbocycles. The number of nitrogens with one attached hydrogen (secondary N) is 2. The molecule has 1 amide bonds. The van der Waals surface area contributed by atoms with Crippen LogP contribution in [0.15, 0.2) is 16.6 Å². The molecule has 2 heterocycles. The predicted octanol–water partition coefficient (Wildman–Crippen LogP) is 1.65. The van der Waals surface area contributed by atoms with E-state index >= 15 is 0 Å². The van der Waals surface area contributed by atoms with Crippen LogP contribution in [-0.4, -0.2) is 29.5 Å². The van der Waals surface area contributed by atoms with Crippen molar-refractivity contribution < 1.29 is 13.2 Å². The zero-order valence-corrected chi connectivity index (χ0v) is 13.3. The van der Waals surface area contributed by atoms with E-state index in [9.17, 15) is 13.2 Å². The molecule has 0 atom stereocenters. The molecule has 2 rings (SSSR count). The number of nitrogens with zero attached hydrogens (tertiary/aromatic N) is 3. The van der Waals surface area contributed by atoms with Crippen molar-refractivity contribution in [2.24, 2.45) is 0 Å². The van der Waals surface area contributed by atoms with Crippen molar-refractivity contribution in [1.82, 2.24) is 15.2 Å². The van der Waals surface area contributed by atoms with Crippen LogP contribution in [-0.2, 0) is 14.8 Å². The summed E-state index contributed by atoms with van der Waals surface area (Å²) in [7, 11) is -3.95. The Kier molecular flexibility index (Phi) is 4.40. The van der Waals surface area contributed by atoms with Crippen LogP contribution in [0.25, 0.3) is 0 Å². The number of aromatic nitrogens is 3. The van der Waals surface area contributed by atoms with Crippen LogP contribution in [0.3, 0.4) is 0 Å². The Morgan fingerprint density at radius 2 is 2.10 bits per heavy atom. The van der Waals surface area contributed by atoms with Crippen molar-refractivity contribution in [3.63, 3.8) is 0 Å². The average Bonchev–Trinajstić information content (AvgIpc) is 2.82. The van der Waals surface area contributed by atoms with Crippen molar-refractivity contribution in [2.75, 3.05) is 10.0 Å². The molecule has 112 valence electrons. The van der Waals surface area contributed by atoms with E-state index in [4.69, 9.17) is 11.6 Å². The average molecular weight is 348 g/mol. The lowest BCUT2D eigenvalue weighted by Crippen LogP contribution is -2.13. The predicted molar refractivity (Wildman–Crippen MR) is 79.0 cm³/mol. The van der Waals surface area contributed by atoms with Crippen LogP contribution in [0.4, 0.5) is 10.8 Å². The first-order valence-corrected chi connectivity index (χ1v) is 8.22. The van der Waals surface area contributed by atoms with Gasteiger partial charge in [0.05, 0.1) is 5.69 Å². The first-order valence-electron chi connectivity index (χ1n) is 5.54. The minimum Gasteiger partial charge on any atom is -0.301 e. The van der Waals surface area contributed by atoms with Crippen LogP contribution in [0.5, 0.6) is 0 Å². The molecule has 2 aromatic rings. The van der Waals surface area contributed by atoms with Gasteiger partial charge >= 0.3 is 0 Å². The Morgan fingerprint density at radius 3 is 2.76 bits per heavy atom. The molecular formula is C10H10ClN5O3S2. The molecule has 2 aromatic heterocycles. The Bertz CT molecular complexity index is 790. The summed E-state index contributed by atoms with van der Waals surface area (Å²) in [6, 6.07) is 1.54. The van der Waals surface area contributed by atoms with Gasteiger partial charge in [0.1, 0.15) is 0 Å². The summed E-state index contributed by atoms with van der Waals surface area (Å²) < 4.78 is 26.3. The molecule has 0 aliphatic rings. The van der Waals surface area contributed by atoms with Crippen LogP contribution < -0.4 is 10.0 Å². The normalized spacial score (nSPS) is 11.2. The highest BCUT2D eigenvalue weighted by atomic mass is 35.5. The molecule has 0 aliphatic heterocycles. The van der Waals surface area contributed by atoms with E-state index in [1.165, 1.54) is 13.1 Å². The number of hydrogen-bond donors (Lipinski definition) is 2. The summed E-state index contributed by atoms with van der Waals surface area (Å²) in [5.74, 6) is -0.367. The fourth-order valence-corrected chi connectivity index (χ4v) is 3.54. The summed E-state index contributed by atoms with van der Waals surface area (Å²) in [4.78, 5) is 14.7. The molecule has 0 aliphatic carbocycles. The van der Waals surface area contributed by atoms with Gasteiger partial charge in [-0.3, -0.25) is 9.52 Å². The molecule has 0 unspecified atom stereocenters. The Hall–Kier alpha value is -1.78. The van der Waals surface area contributed by atoms with Crippen molar-refractivity contribution in [3.05, 3.63) is 23.0 Å². The number of pyridine rings is 1. The van der Waals surface area contributed by atoms with E-state index < -0.39 is 10.0 Å². The van der Waals surface area contributed by atoms with Crippen LogP contribution in [0.2, 0.25) is 5.15 Å². The summed E-state index contributed by atoms with van der Waals surface area (Å²) in [5, 5.41) is 9.58.